The quantitative estimate of drug-likeness (QED) is 0.378. The van der Waals surface area contributed by atoms with Gasteiger partial charge in [0.15, 0.2) is 0 Å². The van der Waals surface area contributed by atoms with Crippen molar-refractivity contribution in [1.29, 1.82) is 0 Å². The predicted molar refractivity (Wildman–Crippen MR) is 103 cm³/mol. The third-order valence-electron chi connectivity index (χ3n) is 4.28. The largest absolute Gasteiger partial charge is 0.342 e. The van der Waals surface area contributed by atoms with Crippen LogP contribution in [0.25, 0.3) is 10.9 Å². The Kier molecular flexibility index (Phi) is 4.76. The highest BCUT2D eigenvalue weighted by molar-refractivity contribution is 7.98. The molecule has 0 unspecified atom stereocenters. The maximum absolute atomic E-state index is 13.5. The van der Waals surface area contributed by atoms with E-state index >= 15 is 0 Å². The molecule has 4 rings (SSSR count). The molecule has 1 heterocycles. The van der Waals surface area contributed by atoms with E-state index in [1.54, 1.807) is 36.0 Å². The number of nitrogens with zero attached hydrogens (tertiary/aromatic N) is 1. The lowest BCUT2D eigenvalue weighted by molar-refractivity contribution is 0.624. The van der Waals surface area contributed by atoms with E-state index in [9.17, 15) is 8.78 Å². The second-order valence-electron chi connectivity index (χ2n) is 6.19. The normalized spacial score (nSPS) is 11.2. The van der Waals surface area contributed by atoms with Crippen LogP contribution in [0.3, 0.4) is 0 Å². The van der Waals surface area contributed by atoms with Crippen LogP contribution < -0.4 is 0 Å². The topological polar surface area (TPSA) is 4.93 Å². The molecule has 0 radical (unpaired) electrons. The van der Waals surface area contributed by atoms with Gasteiger partial charge in [-0.2, -0.15) is 0 Å². The average Bonchev–Trinajstić information content (AvgIpc) is 2.98. The zero-order chi connectivity index (χ0) is 17.9. The van der Waals surface area contributed by atoms with E-state index in [2.05, 4.69) is 22.9 Å². The van der Waals surface area contributed by atoms with Gasteiger partial charge in [0.1, 0.15) is 11.6 Å². The summed E-state index contributed by atoms with van der Waals surface area (Å²) in [5.74, 6) is 0.266. The lowest BCUT2D eigenvalue weighted by atomic mass is 10.2. The molecule has 0 N–H and O–H groups in total. The number of hydrogen-bond donors (Lipinski definition) is 0. The van der Waals surface area contributed by atoms with E-state index in [-0.39, 0.29) is 11.6 Å². The zero-order valence-corrected chi connectivity index (χ0v) is 14.8. The molecule has 1 aromatic heterocycles. The Labute approximate surface area is 155 Å². The van der Waals surface area contributed by atoms with Gasteiger partial charge in [0, 0.05) is 34.3 Å². The summed E-state index contributed by atoms with van der Waals surface area (Å²) >= 11 is 1.68. The summed E-state index contributed by atoms with van der Waals surface area (Å²) in [6, 6.07) is 21.6. The number of rotatable bonds is 5. The Morgan fingerprint density at radius 3 is 2.23 bits per heavy atom. The van der Waals surface area contributed by atoms with Crippen molar-refractivity contribution in [2.75, 3.05) is 0 Å². The molecule has 0 amide bonds. The van der Waals surface area contributed by atoms with Crippen LogP contribution in [0.5, 0.6) is 0 Å². The molecule has 0 spiro atoms. The fourth-order valence-corrected chi connectivity index (χ4v) is 4.11. The summed E-state index contributed by atoms with van der Waals surface area (Å²) < 4.78 is 29.0. The van der Waals surface area contributed by atoms with Crippen molar-refractivity contribution in [3.63, 3.8) is 0 Å². The van der Waals surface area contributed by atoms with E-state index in [0.29, 0.717) is 12.3 Å². The van der Waals surface area contributed by atoms with E-state index < -0.39 is 0 Å². The number of fused-ring (bicyclic) bond motifs is 1. The summed E-state index contributed by atoms with van der Waals surface area (Å²) in [6.45, 7) is 0.610. The molecule has 0 bridgehead atoms. The van der Waals surface area contributed by atoms with Crippen molar-refractivity contribution in [1.82, 2.24) is 4.57 Å². The lowest BCUT2D eigenvalue weighted by Gasteiger charge is -2.05. The maximum Gasteiger partial charge on any atom is 0.123 e. The monoisotopic (exact) mass is 365 g/mol. The highest BCUT2D eigenvalue weighted by atomic mass is 32.2. The number of benzene rings is 3. The minimum absolute atomic E-state index is 0.211. The molecule has 0 saturated carbocycles. The first-order chi connectivity index (χ1) is 12.7. The van der Waals surface area contributed by atoms with Crippen LogP contribution in [0.1, 0.15) is 11.1 Å². The Bertz CT molecular complexity index is 1050. The van der Waals surface area contributed by atoms with Crippen molar-refractivity contribution in [2.24, 2.45) is 0 Å². The summed E-state index contributed by atoms with van der Waals surface area (Å²) in [4.78, 5) is 1.14. The molecule has 130 valence electrons. The SMILES string of the molecule is Fc1cccc(CSc2cn(Cc3cccc(F)c3)c3ccccc23)c1. The fourth-order valence-electron chi connectivity index (χ4n) is 3.08. The maximum atomic E-state index is 13.5. The summed E-state index contributed by atoms with van der Waals surface area (Å²) in [5, 5.41) is 1.16. The van der Waals surface area contributed by atoms with Crippen LogP contribution in [-0.2, 0) is 12.3 Å². The third kappa shape index (κ3) is 3.65. The summed E-state index contributed by atoms with van der Waals surface area (Å²) in [5.41, 5.74) is 2.99. The highest BCUT2D eigenvalue weighted by Crippen LogP contribution is 2.32. The first kappa shape index (κ1) is 16.9. The minimum Gasteiger partial charge on any atom is -0.342 e. The molecule has 0 aliphatic rings. The van der Waals surface area contributed by atoms with Crippen molar-refractivity contribution in [3.8, 4) is 0 Å². The van der Waals surface area contributed by atoms with E-state index in [0.717, 1.165) is 26.9 Å². The molecule has 1 nitrogen and oxygen atoms in total. The number of para-hydroxylation sites is 1. The Balaban J connectivity index is 1.63. The van der Waals surface area contributed by atoms with Gasteiger partial charge in [0.2, 0.25) is 0 Å². The molecular weight excluding hydrogens is 348 g/mol. The van der Waals surface area contributed by atoms with Crippen LogP contribution in [0.4, 0.5) is 8.78 Å². The van der Waals surface area contributed by atoms with Crippen LogP contribution in [-0.4, -0.2) is 4.57 Å². The van der Waals surface area contributed by atoms with Gasteiger partial charge in [-0.3, -0.25) is 0 Å². The summed E-state index contributed by atoms with van der Waals surface area (Å²) in [6.07, 6.45) is 2.10. The number of hydrogen-bond acceptors (Lipinski definition) is 1. The van der Waals surface area contributed by atoms with Crippen LogP contribution in [0.15, 0.2) is 83.9 Å². The Morgan fingerprint density at radius 1 is 0.769 bits per heavy atom. The molecule has 0 saturated heterocycles. The molecular formula is C22H17F2NS. The second kappa shape index (κ2) is 7.34. The average molecular weight is 365 g/mol. The highest BCUT2D eigenvalue weighted by Gasteiger charge is 2.10. The molecule has 4 aromatic rings. The van der Waals surface area contributed by atoms with Gasteiger partial charge in [-0.1, -0.05) is 42.5 Å². The van der Waals surface area contributed by atoms with Gasteiger partial charge >= 0.3 is 0 Å². The van der Waals surface area contributed by atoms with Crippen LogP contribution in [0.2, 0.25) is 0 Å². The molecule has 26 heavy (non-hydrogen) atoms. The minimum atomic E-state index is -0.223. The Morgan fingerprint density at radius 2 is 1.46 bits per heavy atom. The molecule has 0 atom stereocenters. The van der Waals surface area contributed by atoms with Gasteiger partial charge < -0.3 is 4.57 Å². The van der Waals surface area contributed by atoms with E-state index in [1.165, 1.54) is 12.1 Å². The third-order valence-corrected chi connectivity index (χ3v) is 5.39. The Hall–Kier alpha value is -2.59. The van der Waals surface area contributed by atoms with Gasteiger partial charge in [0.05, 0.1) is 0 Å². The van der Waals surface area contributed by atoms with Crippen molar-refractivity contribution in [3.05, 3.63) is 102 Å². The molecule has 0 aliphatic carbocycles. The van der Waals surface area contributed by atoms with Gasteiger partial charge in [-0.15, -0.1) is 11.8 Å². The smallest absolute Gasteiger partial charge is 0.123 e. The van der Waals surface area contributed by atoms with Gasteiger partial charge in [-0.05, 0) is 41.5 Å². The fraction of sp³-hybridized carbons (Fsp3) is 0.0909. The molecule has 0 fully saturated rings. The predicted octanol–water partition coefficient (Wildman–Crippen LogP) is 6.26. The first-order valence-electron chi connectivity index (χ1n) is 8.38. The lowest BCUT2D eigenvalue weighted by Crippen LogP contribution is -1.98. The standard InChI is InChI=1S/C22H17F2NS/c23-18-7-3-5-16(11-18)13-25-14-22(20-9-1-2-10-21(20)25)26-15-17-6-4-8-19(24)12-17/h1-12,14H,13,15H2. The molecule has 0 aliphatic heterocycles. The number of halogens is 2. The van der Waals surface area contributed by atoms with E-state index in [1.807, 2.05) is 24.3 Å². The number of aromatic nitrogens is 1. The van der Waals surface area contributed by atoms with Crippen LogP contribution >= 0.6 is 11.8 Å². The zero-order valence-electron chi connectivity index (χ0n) is 14.0. The van der Waals surface area contributed by atoms with Crippen molar-refractivity contribution in [2.45, 2.75) is 17.2 Å². The summed E-state index contributed by atoms with van der Waals surface area (Å²) in [7, 11) is 0. The van der Waals surface area contributed by atoms with Crippen molar-refractivity contribution >= 4 is 22.7 Å². The number of thioether (sulfide) groups is 1. The van der Waals surface area contributed by atoms with E-state index in [4.69, 9.17) is 0 Å². The first-order valence-corrected chi connectivity index (χ1v) is 9.37. The van der Waals surface area contributed by atoms with Gasteiger partial charge in [-0.25, -0.2) is 8.78 Å². The second-order valence-corrected chi connectivity index (χ2v) is 7.20. The molecule has 4 heteroatoms. The van der Waals surface area contributed by atoms with Gasteiger partial charge in [0.25, 0.3) is 0 Å². The van der Waals surface area contributed by atoms with Crippen LogP contribution in [0, 0.1) is 11.6 Å². The molecule has 3 aromatic carbocycles. The van der Waals surface area contributed by atoms with Crippen molar-refractivity contribution < 1.29 is 8.78 Å².